The molecule has 1 aliphatic heterocycles. The fraction of sp³-hybridized carbons (Fsp3) is 0.636. The molecule has 0 atom stereocenters. The van der Waals surface area contributed by atoms with Crippen molar-refractivity contribution in [3.63, 3.8) is 0 Å². The Morgan fingerprint density at radius 3 is 2.69 bits per heavy atom. The van der Waals surface area contributed by atoms with Gasteiger partial charge in [-0.2, -0.15) is 5.10 Å². The Hall–Kier alpha value is -1.52. The van der Waals surface area contributed by atoms with Crippen molar-refractivity contribution < 1.29 is 4.79 Å². The maximum Gasteiger partial charge on any atom is 0.259 e. The molecule has 1 aromatic rings. The number of carbonyl (C=O) groups is 1. The monoisotopic (exact) mass is 222 g/mol. The number of nitrogen functional groups attached to an aromatic ring is 1. The molecule has 0 spiro atoms. The minimum atomic E-state index is 0.0249. The molecule has 0 aromatic carbocycles. The van der Waals surface area contributed by atoms with Crippen molar-refractivity contribution in [2.45, 2.75) is 32.7 Å². The largest absolute Gasteiger partial charge is 0.383 e. The first-order valence-corrected chi connectivity index (χ1v) is 5.84. The summed E-state index contributed by atoms with van der Waals surface area (Å²) in [5.74, 6) is 0.509. The lowest BCUT2D eigenvalue weighted by atomic mass is 10.1. The standard InChI is InChI=1S/C11H18N4O/c1-2-15-10(12)9(8-13-15)11(16)14-6-4-3-5-7-14/h8H,2-7,12H2,1H3. The summed E-state index contributed by atoms with van der Waals surface area (Å²) in [4.78, 5) is 14.0. The average molecular weight is 222 g/mol. The third kappa shape index (κ3) is 1.89. The van der Waals surface area contributed by atoms with Crippen LogP contribution in [0.1, 0.15) is 36.5 Å². The van der Waals surface area contributed by atoms with Crippen molar-refractivity contribution in [2.24, 2.45) is 0 Å². The van der Waals surface area contributed by atoms with Gasteiger partial charge in [-0.05, 0) is 26.2 Å². The molecule has 0 saturated carbocycles. The van der Waals surface area contributed by atoms with E-state index in [2.05, 4.69) is 5.10 Å². The lowest BCUT2D eigenvalue weighted by molar-refractivity contribution is 0.0725. The highest BCUT2D eigenvalue weighted by molar-refractivity contribution is 5.98. The lowest BCUT2D eigenvalue weighted by Gasteiger charge is -2.26. The number of anilines is 1. The number of rotatable bonds is 2. The van der Waals surface area contributed by atoms with E-state index in [1.807, 2.05) is 11.8 Å². The summed E-state index contributed by atoms with van der Waals surface area (Å²) in [7, 11) is 0. The molecule has 0 radical (unpaired) electrons. The number of hydrogen-bond donors (Lipinski definition) is 1. The summed E-state index contributed by atoms with van der Waals surface area (Å²) in [6.07, 6.45) is 4.98. The Bertz CT molecular complexity index is 379. The van der Waals surface area contributed by atoms with Crippen LogP contribution < -0.4 is 5.73 Å². The zero-order chi connectivity index (χ0) is 11.5. The Morgan fingerprint density at radius 2 is 2.12 bits per heavy atom. The number of likely N-dealkylation sites (tertiary alicyclic amines) is 1. The van der Waals surface area contributed by atoms with Crippen LogP contribution in [-0.4, -0.2) is 33.7 Å². The second-order valence-corrected chi connectivity index (χ2v) is 4.11. The number of aromatic nitrogens is 2. The molecule has 16 heavy (non-hydrogen) atoms. The molecule has 0 unspecified atom stereocenters. The van der Waals surface area contributed by atoms with Crippen LogP contribution in [0.4, 0.5) is 5.82 Å². The van der Waals surface area contributed by atoms with Gasteiger partial charge >= 0.3 is 0 Å². The second kappa shape index (κ2) is 4.55. The van der Waals surface area contributed by atoms with Gasteiger partial charge in [0, 0.05) is 19.6 Å². The van der Waals surface area contributed by atoms with E-state index >= 15 is 0 Å². The maximum absolute atomic E-state index is 12.1. The van der Waals surface area contributed by atoms with Gasteiger partial charge in [-0.1, -0.05) is 0 Å². The van der Waals surface area contributed by atoms with E-state index in [1.54, 1.807) is 10.9 Å². The van der Waals surface area contributed by atoms with Gasteiger partial charge in [0.2, 0.25) is 0 Å². The number of aryl methyl sites for hydroxylation is 1. The minimum absolute atomic E-state index is 0.0249. The highest BCUT2D eigenvalue weighted by Crippen LogP contribution is 2.17. The fourth-order valence-electron chi connectivity index (χ4n) is 2.08. The Labute approximate surface area is 95.2 Å². The fourth-order valence-corrected chi connectivity index (χ4v) is 2.08. The topological polar surface area (TPSA) is 64.2 Å². The molecule has 2 rings (SSSR count). The smallest absolute Gasteiger partial charge is 0.259 e. The van der Waals surface area contributed by atoms with Crippen LogP contribution in [0.25, 0.3) is 0 Å². The van der Waals surface area contributed by atoms with Crippen molar-refractivity contribution in [3.8, 4) is 0 Å². The van der Waals surface area contributed by atoms with E-state index in [0.717, 1.165) is 25.9 Å². The van der Waals surface area contributed by atoms with Gasteiger partial charge in [0.15, 0.2) is 0 Å². The van der Waals surface area contributed by atoms with Gasteiger partial charge in [-0.15, -0.1) is 0 Å². The Kier molecular flexibility index (Phi) is 3.12. The van der Waals surface area contributed by atoms with E-state index < -0.39 is 0 Å². The summed E-state index contributed by atoms with van der Waals surface area (Å²) in [6, 6.07) is 0. The third-order valence-corrected chi connectivity index (χ3v) is 3.05. The third-order valence-electron chi connectivity index (χ3n) is 3.05. The van der Waals surface area contributed by atoms with Crippen LogP contribution >= 0.6 is 0 Å². The first-order chi connectivity index (χ1) is 7.74. The molecule has 0 bridgehead atoms. The average Bonchev–Trinajstić information content (AvgIpc) is 2.70. The van der Waals surface area contributed by atoms with Crippen molar-refractivity contribution >= 4 is 11.7 Å². The molecule has 2 heterocycles. The van der Waals surface area contributed by atoms with Gasteiger partial charge in [0.25, 0.3) is 5.91 Å². The molecule has 1 aliphatic rings. The summed E-state index contributed by atoms with van der Waals surface area (Å²) < 4.78 is 1.65. The quantitative estimate of drug-likeness (QED) is 0.815. The van der Waals surface area contributed by atoms with Crippen molar-refractivity contribution in [2.75, 3.05) is 18.8 Å². The van der Waals surface area contributed by atoms with Crippen molar-refractivity contribution in [1.82, 2.24) is 14.7 Å². The zero-order valence-electron chi connectivity index (χ0n) is 9.65. The van der Waals surface area contributed by atoms with Crippen molar-refractivity contribution in [3.05, 3.63) is 11.8 Å². The van der Waals surface area contributed by atoms with Crippen LogP contribution in [0.3, 0.4) is 0 Å². The highest BCUT2D eigenvalue weighted by atomic mass is 16.2. The van der Waals surface area contributed by atoms with Crippen molar-refractivity contribution in [1.29, 1.82) is 0 Å². The first-order valence-electron chi connectivity index (χ1n) is 5.84. The Balaban J connectivity index is 2.16. The van der Waals surface area contributed by atoms with E-state index in [0.29, 0.717) is 17.9 Å². The maximum atomic E-state index is 12.1. The van der Waals surface area contributed by atoms with Crippen LogP contribution in [-0.2, 0) is 6.54 Å². The number of hydrogen-bond acceptors (Lipinski definition) is 3. The number of amides is 1. The Morgan fingerprint density at radius 1 is 1.44 bits per heavy atom. The zero-order valence-corrected chi connectivity index (χ0v) is 9.65. The van der Waals surface area contributed by atoms with Crippen LogP contribution in [0.5, 0.6) is 0 Å². The van der Waals surface area contributed by atoms with Gasteiger partial charge in [0.05, 0.1) is 6.20 Å². The van der Waals surface area contributed by atoms with Gasteiger partial charge < -0.3 is 10.6 Å². The van der Waals surface area contributed by atoms with Crippen LogP contribution in [0.15, 0.2) is 6.20 Å². The summed E-state index contributed by atoms with van der Waals surface area (Å²) >= 11 is 0. The summed E-state index contributed by atoms with van der Waals surface area (Å²) in [6.45, 7) is 4.34. The molecule has 1 aromatic heterocycles. The molecule has 5 nitrogen and oxygen atoms in total. The van der Waals surface area contributed by atoms with Crippen LogP contribution in [0, 0.1) is 0 Å². The first kappa shape index (κ1) is 11.0. The number of carbonyl (C=O) groups excluding carboxylic acids is 1. The number of piperidine rings is 1. The predicted molar refractivity (Wildman–Crippen MR) is 62.1 cm³/mol. The molecule has 2 N–H and O–H groups in total. The normalized spacial score (nSPS) is 16.4. The molecule has 1 amide bonds. The predicted octanol–water partition coefficient (Wildman–Crippen LogP) is 1.11. The number of nitrogens with two attached hydrogens (primary N) is 1. The van der Waals surface area contributed by atoms with E-state index in [9.17, 15) is 4.79 Å². The van der Waals surface area contributed by atoms with Gasteiger partial charge in [-0.3, -0.25) is 4.79 Å². The molecular formula is C11H18N4O. The molecule has 5 heteroatoms. The second-order valence-electron chi connectivity index (χ2n) is 4.11. The van der Waals surface area contributed by atoms with Gasteiger partial charge in [0.1, 0.15) is 11.4 Å². The van der Waals surface area contributed by atoms with Crippen LogP contribution in [0.2, 0.25) is 0 Å². The van der Waals surface area contributed by atoms with E-state index in [1.165, 1.54) is 6.42 Å². The van der Waals surface area contributed by atoms with E-state index in [4.69, 9.17) is 5.73 Å². The summed E-state index contributed by atoms with van der Waals surface area (Å²) in [5.41, 5.74) is 6.42. The molecule has 1 saturated heterocycles. The minimum Gasteiger partial charge on any atom is -0.383 e. The lowest BCUT2D eigenvalue weighted by Crippen LogP contribution is -2.35. The summed E-state index contributed by atoms with van der Waals surface area (Å²) in [5, 5.41) is 4.09. The molecular weight excluding hydrogens is 204 g/mol. The van der Waals surface area contributed by atoms with Gasteiger partial charge in [-0.25, -0.2) is 4.68 Å². The number of nitrogens with zero attached hydrogens (tertiary/aromatic N) is 3. The highest BCUT2D eigenvalue weighted by Gasteiger charge is 2.22. The van der Waals surface area contributed by atoms with E-state index in [-0.39, 0.29) is 5.91 Å². The molecule has 88 valence electrons. The molecule has 0 aliphatic carbocycles. The SMILES string of the molecule is CCn1ncc(C(=O)N2CCCCC2)c1N. The molecule has 1 fully saturated rings.